The van der Waals surface area contributed by atoms with E-state index in [4.69, 9.17) is 0 Å². The molecule has 3 rings (SSSR count). The van der Waals surface area contributed by atoms with E-state index in [-0.39, 0.29) is 29.7 Å². The van der Waals surface area contributed by atoms with E-state index < -0.39 is 6.10 Å². The number of aliphatic hydroxyl groups excluding tert-OH is 1. The minimum atomic E-state index is -1.04. The first-order chi connectivity index (χ1) is 9.97. The zero-order valence-corrected chi connectivity index (χ0v) is 11.5. The molecule has 2 heterocycles. The van der Waals surface area contributed by atoms with Crippen LogP contribution in [0.5, 0.6) is 0 Å². The largest absolute Gasteiger partial charge is 0.383 e. The van der Waals surface area contributed by atoms with Crippen molar-refractivity contribution in [1.29, 1.82) is 0 Å². The summed E-state index contributed by atoms with van der Waals surface area (Å²) in [7, 11) is 1.64. The number of carbonyl (C=O) groups excluding carboxylic acids is 2. The number of amides is 3. The number of urea groups is 1. The monoisotopic (exact) mass is 293 g/mol. The molecule has 3 atom stereocenters. The van der Waals surface area contributed by atoms with Gasteiger partial charge in [0.05, 0.1) is 6.04 Å². The zero-order valence-electron chi connectivity index (χ0n) is 11.5. The van der Waals surface area contributed by atoms with Gasteiger partial charge in [-0.25, -0.2) is 9.18 Å². The van der Waals surface area contributed by atoms with Crippen molar-refractivity contribution in [2.45, 2.75) is 12.1 Å². The average molecular weight is 293 g/mol. The molecule has 7 heteroatoms. The molecule has 2 saturated heterocycles. The Morgan fingerprint density at radius 3 is 2.62 bits per heavy atom. The van der Waals surface area contributed by atoms with Gasteiger partial charge < -0.3 is 20.2 Å². The smallest absolute Gasteiger partial charge is 0.321 e. The van der Waals surface area contributed by atoms with E-state index >= 15 is 0 Å². The molecule has 0 unspecified atom stereocenters. The van der Waals surface area contributed by atoms with Gasteiger partial charge in [0.15, 0.2) is 0 Å². The second-order valence-corrected chi connectivity index (χ2v) is 5.47. The van der Waals surface area contributed by atoms with Crippen molar-refractivity contribution in [3.8, 4) is 0 Å². The summed E-state index contributed by atoms with van der Waals surface area (Å²) >= 11 is 0. The van der Waals surface area contributed by atoms with Gasteiger partial charge in [-0.15, -0.1) is 0 Å². The molecule has 0 bridgehead atoms. The summed E-state index contributed by atoms with van der Waals surface area (Å²) in [6.07, 6.45) is -1.04. The number of aliphatic hydroxyl groups is 1. The van der Waals surface area contributed by atoms with Gasteiger partial charge >= 0.3 is 6.03 Å². The molecule has 2 fully saturated rings. The van der Waals surface area contributed by atoms with Crippen molar-refractivity contribution >= 4 is 17.6 Å². The van der Waals surface area contributed by atoms with E-state index in [9.17, 15) is 19.1 Å². The summed E-state index contributed by atoms with van der Waals surface area (Å²) in [5.74, 6) is -0.906. The average Bonchev–Trinajstić information content (AvgIpc) is 2.99. The second-order valence-electron chi connectivity index (χ2n) is 5.47. The van der Waals surface area contributed by atoms with Gasteiger partial charge in [0, 0.05) is 31.7 Å². The highest BCUT2D eigenvalue weighted by atomic mass is 19.1. The van der Waals surface area contributed by atoms with Crippen LogP contribution in [0.25, 0.3) is 0 Å². The van der Waals surface area contributed by atoms with Crippen molar-refractivity contribution in [3.63, 3.8) is 0 Å². The molecule has 6 nitrogen and oxygen atoms in total. The van der Waals surface area contributed by atoms with Crippen LogP contribution in [0, 0.1) is 11.7 Å². The van der Waals surface area contributed by atoms with Gasteiger partial charge in [0.1, 0.15) is 11.9 Å². The molecule has 0 saturated carbocycles. The lowest BCUT2D eigenvalue weighted by atomic mass is 10.0. The molecule has 0 aliphatic carbocycles. The third-order valence-electron chi connectivity index (χ3n) is 4.22. The first kappa shape index (κ1) is 13.8. The van der Waals surface area contributed by atoms with Crippen molar-refractivity contribution < 1.29 is 19.1 Å². The van der Waals surface area contributed by atoms with Crippen molar-refractivity contribution in [1.82, 2.24) is 9.80 Å². The number of hydrogen-bond donors (Lipinski definition) is 2. The number of likely N-dealkylation sites (N-methyl/N-ethyl adjacent to an activating group) is 1. The van der Waals surface area contributed by atoms with Crippen LogP contribution in [0.1, 0.15) is 0 Å². The highest BCUT2D eigenvalue weighted by Gasteiger charge is 2.51. The van der Waals surface area contributed by atoms with Crippen molar-refractivity contribution in [2.75, 3.05) is 25.5 Å². The third kappa shape index (κ3) is 2.33. The molecule has 2 aliphatic rings. The van der Waals surface area contributed by atoms with Crippen LogP contribution < -0.4 is 5.32 Å². The summed E-state index contributed by atoms with van der Waals surface area (Å²) in [6.45, 7) is 0.714. The van der Waals surface area contributed by atoms with Crippen molar-refractivity contribution in [2.24, 2.45) is 5.92 Å². The molecule has 2 aliphatic heterocycles. The van der Waals surface area contributed by atoms with Gasteiger partial charge in [-0.05, 0) is 24.3 Å². The summed E-state index contributed by atoms with van der Waals surface area (Å²) < 4.78 is 12.8. The molecule has 0 spiro atoms. The molecular formula is C14H16FN3O3. The molecule has 21 heavy (non-hydrogen) atoms. The van der Waals surface area contributed by atoms with E-state index in [1.165, 1.54) is 29.2 Å². The highest BCUT2D eigenvalue weighted by molar-refractivity contribution is 5.90. The summed E-state index contributed by atoms with van der Waals surface area (Å²) in [5.41, 5.74) is 0.503. The fraction of sp³-hybridized carbons (Fsp3) is 0.429. The molecular weight excluding hydrogens is 277 g/mol. The maximum Gasteiger partial charge on any atom is 0.321 e. The molecule has 3 amide bonds. The Morgan fingerprint density at radius 1 is 1.33 bits per heavy atom. The number of anilines is 1. The lowest BCUT2D eigenvalue weighted by molar-refractivity contribution is -0.135. The molecule has 0 radical (unpaired) electrons. The van der Waals surface area contributed by atoms with Gasteiger partial charge in [0.25, 0.3) is 5.91 Å². The van der Waals surface area contributed by atoms with Crippen LogP contribution in [-0.2, 0) is 4.79 Å². The predicted octanol–water partition coefficient (Wildman–Crippen LogP) is 0.491. The number of halogens is 1. The minimum Gasteiger partial charge on any atom is -0.383 e. The number of hydrogen-bond acceptors (Lipinski definition) is 3. The lowest BCUT2D eigenvalue weighted by Crippen LogP contribution is -2.40. The lowest BCUT2D eigenvalue weighted by Gasteiger charge is -2.21. The second kappa shape index (κ2) is 5.00. The van der Waals surface area contributed by atoms with Gasteiger partial charge in [0.2, 0.25) is 0 Å². The molecule has 1 aromatic rings. The van der Waals surface area contributed by atoms with E-state index in [1.54, 1.807) is 11.9 Å². The number of carbonyl (C=O) groups is 2. The fourth-order valence-electron chi connectivity index (χ4n) is 2.99. The Labute approximate surface area is 121 Å². The standard InChI is InChI=1S/C14H16FN3O3/c1-17-11-7-18(6-10(11)12(19)13(17)20)14(21)16-9-4-2-8(15)3-5-9/h2-5,10-12,19H,6-7H2,1H3,(H,16,21)/t10-,11+,12-/m0/s1. The minimum absolute atomic E-state index is 0.147. The molecule has 2 N–H and O–H groups in total. The van der Waals surface area contributed by atoms with Crippen molar-refractivity contribution in [3.05, 3.63) is 30.1 Å². The third-order valence-corrected chi connectivity index (χ3v) is 4.22. The first-order valence-electron chi connectivity index (χ1n) is 6.73. The molecule has 0 aromatic heterocycles. The summed E-state index contributed by atoms with van der Waals surface area (Å²) in [4.78, 5) is 26.9. The SMILES string of the molecule is CN1C(=O)[C@@H](O)[C@H]2CN(C(=O)Nc3ccc(F)cc3)C[C@H]21. The fourth-order valence-corrected chi connectivity index (χ4v) is 2.99. The number of nitrogens with one attached hydrogen (secondary N) is 1. The van der Waals surface area contributed by atoms with Gasteiger partial charge in [-0.1, -0.05) is 0 Å². The van der Waals surface area contributed by atoms with Crippen LogP contribution in [-0.4, -0.2) is 59.1 Å². The van der Waals surface area contributed by atoms with Gasteiger partial charge in [-0.3, -0.25) is 4.79 Å². The van der Waals surface area contributed by atoms with Crippen LogP contribution in [0.2, 0.25) is 0 Å². The Hall–Kier alpha value is -2.15. The highest BCUT2D eigenvalue weighted by Crippen LogP contribution is 2.31. The summed E-state index contributed by atoms with van der Waals surface area (Å²) in [6, 6.07) is 5.04. The van der Waals surface area contributed by atoms with Crippen LogP contribution >= 0.6 is 0 Å². The normalized spacial score (nSPS) is 28.0. The van der Waals surface area contributed by atoms with E-state index in [0.717, 1.165) is 0 Å². The number of benzene rings is 1. The Balaban J connectivity index is 1.65. The number of likely N-dealkylation sites (tertiary alicyclic amines) is 2. The Kier molecular flexibility index (Phi) is 3.29. The maximum absolute atomic E-state index is 12.8. The Morgan fingerprint density at radius 2 is 2.00 bits per heavy atom. The van der Waals surface area contributed by atoms with Crippen LogP contribution in [0.4, 0.5) is 14.9 Å². The number of rotatable bonds is 1. The van der Waals surface area contributed by atoms with E-state index in [1.807, 2.05) is 0 Å². The first-order valence-corrected chi connectivity index (χ1v) is 6.73. The maximum atomic E-state index is 12.8. The Bertz CT molecular complexity index is 557. The molecule has 112 valence electrons. The van der Waals surface area contributed by atoms with Crippen LogP contribution in [0.15, 0.2) is 24.3 Å². The number of nitrogens with zero attached hydrogens (tertiary/aromatic N) is 2. The van der Waals surface area contributed by atoms with E-state index in [2.05, 4.69) is 5.32 Å². The quantitative estimate of drug-likeness (QED) is 0.791. The number of fused-ring (bicyclic) bond motifs is 1. The van der Waals surface area contributed by atoms with E-state index in [0.29, 0.717) is 18.8 Å². The van der Waals surface area contributed by atoms with Gasteiger partial charge in [-0.2, -0.15) is 0 Å². The summed E-state index contributed by atoms with van der Waals surface area (Å²) in [5, 5.41) is 12.5. The zero-order chi connectivity index (χ0) is 15.1. The molecule has 1 aromatic carbocycles. The predicted molar refractivity (Wildman–Crippen MR) is 73.0 cm³/mol. The topological polar surface area (TPSA) is 72.9 Å². The van der Waals surface area contributed by atoms with Crippen LogP contribution in [0.3, 0.4) is 0 Å².